The van der Waals surface area contributed by atoms with E-state index in [0.717, 1.165) is 11.1 Å². The Kier molecular flexibility index (Phi) is 7.50. The summed E-state index contributed by atoms with van der Waals surface area (Å²) < 4.78 is 23.9. The van der Waals surface area contributed by atoms with Gasteiger partial charge < -0.3 is 14.6 Å². The lowest BCUT2D eigenvalue weighted by Gasteiger charge is -2.18. The molecule has 0 saturated carbocycles. The van der Waals surface area contributed by atoms with Crippen LogP contribution in [0.2, 0.25) is 0 Å². The Morgan fingerprint density at radius 3 is 2.17 bits per heavy atom. The van der Waals surface area contributed by atoms with Gasteiger partial charge in [-0.05, 0) is 18.1 Å². The molecule has 2 aromatic carbocycles. The molecular weight excluding hydrogens is 309 g/mol. The average Bonchev–Trinajstić information content (AvgIpc) is 2.57. The van der Waals surface area contributed by atoms with E-state index in [4.69, 9.17) is 9.26 Å². The summed E-state index contributed by atoms with van der Waals surface area (Å²) in [5.74, 6) is 0. The van der Waals surface area contributed by atoms with E-state index in [1.54, 1.807) is 0 Å². The average molecular weight is 333 g/mol. The number of ether oxygens (including phenoxy) is 1. The summed E-state index contributed by atoms with van der Waals surface area (Å²) >= 11 is 0. The van der Waals surface area contributed by atoms with Crippen LogP contribution in [0.1, 0.15) is 18.1 Å². The topological polar surface area (TPSA) is 47.6 Å². The van der Waals surface area contributed by atoms with Gasteiger partial charge in [-0.25, -0.2) is 0 Å². The lowest BCUT2D eigenvalue weighted by atomic mass is 10.2. The number of hydrogen-bond donors (Lipinski definition) is 1. The first-order valence-corrected chi connectivity index (χ1v) is 9.80. The summed E-state index contributed by atoms with van der Waals surface area (Å²) in [7, 11) is -2.83. The fourth-order valence-corrected chi connectivity index (χ4v) is 3.76. The summed E-state index contributed by atoms with van der Waals surface area (Å²) in [4.78, 5) is 0. The van der Waals surface area contributed by atoms with Gasteiger partial charge in [-0.15, -0.1) is 0 Å². The molecular formula is C18H24NO3P. The van der Waals surface area contributed by atoms with Crippen LogP contribution in [-0.4, -0.2) is 19.2 Å². The predicted molar refractivity (Wildman–Crippen MR) is 93.5 cm³/mol. The second-order valence-electron chi connectivity index (χ2n) is 5.27. The van der Waals surface area contributed by atoms with Crippen molar-refractivity contribution in [3.63, 3.8) is 0 Å². The van der Waals surface area contributed by atoms with Gasteiger partial charge in [0, 0.05) is 6.54 Å². The van der Waals surface area contributed by atoms with E-state index in [0.29, 0.717) is 26.0 Å². The van der Waals surface area contributed by atoms with E-state index < -0.39 is 7.37 Å². The third kappa shape index (κ3) is 6.67. The minimum Gasteiger partial charge on any atom is -0.367 e. The zero-order valence-electron chi connectivity index (χ0n) is 13.5. The first-order valence-electron chi connectivity index (χ1n) is 7.81. The van der Waals surface area contributed by atoms with Gasteiger partial charge in [-0.3, -0.25) is 4.57 Å². The number of hydrogen-bond acceptors (Lipinski definition) is 4. The molecule has 0 aliphatic heterocycles. The second kappa shape index (κ2) is 9.64. The molecule has 2 rings (SSSR count). The maximum absolute atomic E-state index is 12.8. The van der Waals surface area contributed by atoms with Gasteiger partial charge in [0.05, 0.1) is 19.5 Å². The van der Waals surface area contributed by atoms with Crippen molar-refractivity contribution >= 4 is 7.37 Å². The zero-order valence-corrected chi connectivity index (χ0v) is 14.4. The molecule has 0 radical (unpaired) electrons. The molecule has 0 fully saturated rings. The van der Waals surface area contributed by atoms with Gasteiger partial charge in [-0.2, -0.15) is 0 Å². The Morgan fingerprint density at radius 2 is 1.57 bits per heavy atom. The van der Waals surface area contributed by atoms with Crippen LogP contribution in [0.4, 0.5) is 0 Å². The lowest BCUT2D eigenvalue weighted by Crippen LogP contribution is -2.18. The van der Waals surface area contributed by atoms with Gasteiger partial charge in [0.25, 0.3) is 0 Å². The van der Waals surface area contributed by atoms with Gasteiger partial charge in [0.1, 0.15) is 6.35 Å². The highest BCUT2D eigenvalue weighted by molar-refractivity contribution is 7.58. The molecule has 23 heavy (non-hydrogen) atoms. The van der Waals surface area contributed by atoms with E-state index in [9.17, 15) is 4.57 Å². The molecule has 1 atom stereocenters. The first-order chi connectivity index (χ1) is 11.2. The Bertz CT molecular complexity index is 555. The molecule has 0 aliphatic carbocycles. The molecule has 4 nitrogen and oxygen atoms in total. The lowest BCUT2D eigenvalue weighted by molar-refractivity contribution is 0.149. The Balaban J connectivity index is 1.79. The third-order valence-electron chi connectivity index (χ3n) is 3.29. The SMILES string of the molecule is CCOP(=O)(CNCc1ccccc1)COCc1ccccc1. The van der Waals surface area contributed by atoms with Crippen LogP contribution >= 0.6 is 7.37 Å². The number of rotatable bonds is 10. The number of nitrogens with one attached hydrogen (secondary N) is 1. The summed E-state index contributed by atoms with van der Waals surface area (Å²) in [6.45, 7) is 3.37. The van der Waals surface area contributed by atoms with Gasteiger partial charge in [0.15, 0.2) is 0 Å². The van der Waals surface area contributed by atoms with E-state index in [-0.39, 0.29) is 6.35 Å². The largest absolute Gasteiger partial charge is 0.367 e. The van der Waals surface area contributed by atoms with E-state index in [1.807, 2.05) is 67.6 Å². The van der Waals surface area contributed by atoms with Crippen molar-refractivity contribution < 1.29 is 13.8 Å². The van der Waals surface area contributed by atoms with Gasteiger partial charge in [-0.1, -0.05) is 60.7 Å². The fourth-order valence-electron chi connectivity index (χ4n) is 2.21. The molecule has 124 valence electrons. The van der Waals surface area contributed by atoms with Crippen LogP contribution < -0.4 is 5.32 Å². The predicted octanol–water partition coefficient (Wildman–Crippen LogP) is 4.22. The van der Waals surface area contributed by atoms with Crippen molar-refractivity contribution in [2.75, 3.05) is 19.2 Å². The maximum atomic E-state index is 12.8. The van der Waals surface area contributed by atoms with Crippen molar-refractivity contribution in [2.24, 2.45) is 0 Å². The van der Waals surface area contributed by atoms with Crippen LogP contribution in [0.5, 0.6) is 0 Å². The molecule has 5 heteroatoms. The van der Waals surface area contributed by atoms with Crippen molar-refractivity contribution in [1.82, 2.24) is 5.32 Å². The summed E-state index contributed by atoms with van der Waals surface area (Å²) in [5.41, 5.74) is 2.22. The van der Waals surface area contributed by atoms with E-state index >= 15 is 0 Å². The molecule has 0 bridgehead atoms. The minimum absolute atomic E-state index is 0.123. The smallest absolute Gasteiger partial charge is 0.241 e. The van der Waals surface area contributed by atoms with E-state index in [1.165, 1.54) is 0 Å². The summed E-state index contributed by atoms with van der Waals surface area (Å²) in [5, 5.41) is 3.21. The third-order valence-corrected chi connectivity index (χ3v) is 5.30. The highest BCUT2D eigenvalue weighted by Gasteiger charge is 2.22. The molecule has 1 N–H and O–H groups in total. The van der Waals surface area contributed by atoms with Gasteiger partial charge >= 0.3 is 0 Å². The maximum Gasteiger partial charge on any atom is 0.241 e. The normalized spacial score (nSPS) is 13.6. The van der Waals surface area contributed by atoms with Crippen molar-refractivity contribution in [2.45, 2.75) is 20.1 Å². The highest BCUT2D eigenvalue weighted by Crippen LogP contribution is 2.45. The summed E-state index contributed by atoms with van der Waals surface area (Å²) in [6, 6.07) is 19.9. The molecule has 0 heterocycles. The van der Waals surface area contributed by atoms with Crippen LogP contribution in [0.3, 0.4) is 0 Å². The standard InChI is InChI=1S/C18H24NO3P/c1-2-22-23(20,15-19-13-17-9-5-3-6-10-17)16-21-14-18-11-7-4-8-12-18/h3-12,19H,2,13-16H2,1H3. The van der Waals surface area contributed by atoms with Crippen LogP contribution in [0.15, 0.2) is 60.7 Å². The quantitative estimate of drug-likeness (QED) is 0.661. The molecule has 0 aliphatic rings. The van der Waals surface area contributed by atoms with E-state index in [2.05, 4.69) is 5.32 Å². The monoisotopic (exact) mass is 333 g/mol. The Morgan fingerprint density at radius 1 is 0.957 bits per heavy atom. The molecule has 2 aromatic rings. The van der Waals surface area contributed by atoms with Crippen LogP contribution in [-0.2, 0) is 27.0 Å². The Labute approximate surface area is 138 Å². The molecule has 0 aromatic heterocycles. The minimum atomic E-state index is -2.83. The fraction of sp³-hybridized carbons (Fsp3) is 0.333. The first kappa shape index (κ1) is 17.9. The van der Waals surface area contributed by atoms with Crippen molar-refractivity contribution in [3.05, 3.63) is 71.8 Å². The zero-order chi connectivity index (χ0) is 16.4. The molecule has 0 spiro atoms. The van der Waals surface area contributed by atoms with Crippen molar-refractivity contribution in [1.29, 1.82) is 0 Å². The van der Waals surface area contributed by atoms with Crippen molar-refractivity contribution in [3.8, 4) is 0 Å². The summed E-state index contributed by atoms with van der Waals surface area (Å²) in [6.07, 6.45) is 0.433. The van der Waals surface area contributed by atoms with Gasteiger partial charge in [0.2, 0.25) is 7.37 Å². The molecule has 1 unspecified atom stereocenters. The molecule has 0 amide bonds. The Hall–Kier alpha value is -1.45. The second-order valence-corrected chi connectivity index (χ2v) is 7.73. The highest BCUT2D eigenvalue weighted by atomic mass is 31.2. The molecule has 0 saturated heterocycles. The van der Waals surface area contributed by atoms with Crippen LogP contribution in [0, 0.1) is 0 Å². The van der Waals surface area contributed by atoms with Crippen LogP contribution in [0.25, 0.3) is 0 Å². The number of benzene rings is 2.